The fourth-order valence-corrected chi connectivity index (χ4v) is 4.38. The highest BCUT2D eigenvalue weighted by Crippen LogP contribution is 2.38. The SMILES string of the molecule is O=C1Nc2ccccc2C(=O)/C1=C1\N=C(c2c(O)c3ccccc3[nH]c2=O)c2ccccc21. The van der Waals surface area contributed by atoms with Gasteiger partial charge in [0.1, 0.15) is 16.9 Å². The molecule has 33 heavy (non-hydrogen) atoms. The molecule has 2 aliphatic rings. The number of Topliss-reactive ketones (excluding diaryl/α,β-unsaturated/α-hetero) is 1. The summed E-state index contributed by atoms with van der Waals surface area (Å²) in [6.45, 7) is 0. The topological polar surface area (TPSA) is 112 Å². The number of aliphatic imine (C=N–C) groups is 1. The lowest BCUT2D eigenvalue weighted by atomic mass is 9.92. The van der Waals surface area contributed by atoms with E-state index in [0.717, 1.165) is 0 Å². The standard InChI is InChI=1S/C26H15N3O4/c30-23-15-9-3-5-11-17(15)27-25(32)19(23)21-13-7-1-2-8-14(13)22(29-21)20-24(31)16-10-4-6-12-18(16)28-26(20)33/h1-12H,(H,27,32)(H2,28,31,33)/b21-19+. The Balaban J connectivity index is 1.65. The van der Waals surface area contributed by atoms with Crippen molar-refractivity contribution in [3.8, 4) is 5.75 Å². The van der Waals surface area contributed by atoms with Crippen molar-refractivity contribution in [1.29, 1.82) is 0 Å². The van der Waals surface area contributed by atoms with Gasteiger partial charge in [0.25, 0.3) is 11.5 Å². The highest BCUT2D eigenvalue weighted by molar-refractivity contribution is 6.39. The minimum atomic E-state index is -0.565. The van der Waals surface area contributed by atoms with E-state index in [0.29, 0.717) is 33.3 Å². The molecule has 0 saturated heterocycles. The number of hydrogen-bond donors (Lipinski definition) is 3. The van der Waals surface area contributed by atoms with Gasteiger partial charge in [-0.3, -0.25) is 14.4 Å². The van der Waals surface area contributed by atoms with Crippen LogP contribution in [0.2, 0.25) is 0 Å². The summed E-state index contributed by atoms with van der Waals surface area (Å²) in [7, 11) is 0. The Hall–Kier alpha value is -4.78. The van der Waals surface area contributed by atoms with Crippen molar-refractivity contribution in [2.75, 3.05) is 5.32 Å². The second-order valence-corrected chi connectivity index (χ2v) is 7.78. The van der Waals surface area contributed by atoms with Crippen LogP contribution in [0, 0.1) is 0 Å². The number of H-pyrrole nitrogens is 1. The van der Waals surface area contributed by atoms with Crippen LogP contribution >= 0.6 is 0 Å². The van der Waals surface area contributed by atoms with Gasteiger partial charge in [-0.2, -0.15) is 0 Å². The minimum Gasteiger partial charge on any atom is -0.506 e. The van der Waals surface area contributed by atoms with Crippen LogP contribution in [0.4, 0.5) is 5.69 Å². The van der Waals surface area contributed by atoms with Gasteiger partial charge in [-0.1, -0.05) is 48.5 Å². The maximum atomic E-state index is 13.3. The molecule has 7 heteroatoms. The van der Waals surface area contributed by atoms with Gasteiger partial charge in [0, 0.05) is 22.1 Å². The van der Waals surface area contributed by atoms with E-state index in [2.05, 4.69) is 15.3 Å². The van der Waals surface area contributed by atoms with Crippen LogP contribution in [0.15, 0.2) is 88.2 Å². The molecule has 0 saturated carbocycles. The van der Waals surface area contributed by atoms with Crippen LogP contribution in [-0.2, 0) is 4.79 Å². The zero-order valence-electron chi connectivity index (χ0n) is 17.0. The Kier molecular flexibility index (Phi) is 3.94. The molecule has 3 N–H and O–H groups in total. The molecule has 3 aromatic carbocycles. The van der Waals surface area contributed by atoms with Crippen LogP contribution in [0.1, 0.15) is 27.0 Å². The van der Waals surface area contributed by atoms with Gasteiger partial charge in [-0.15, -0.1) is 0 Å². The smallest absolute Gasteiger partial charge is 0.261 e. The van der Waals surface area contributed by atoms with Gasteiger partial charge in [0.2, 0.25) is 5.78 Å². The molecule has 0 spiro atoms. The third-order valence-corrected chi connectivity index (χ3v) is 5.90. The van der Waals surface area contributed by atoms with Crippen molar-refractivity contribution < 1.29 is 14.7 Å². The fourth-order valence-electron chi connectivity index (χ4n) is 4.38. The Morgan fingerprint density at radius 1 is 0.758 bits per heavy atom. The molecule has 0 unspecified atom stereocenters. The quantitative estimate of drug-likeness (QED) is 0.314. The first-order chi connectivity index (χ1) is 16.0. The number of hydrogen-bond acceptors (Lipinski definition) is 5. The van der Waals surface area contributed by atoms with E-state index in [9.17, 15) is 19.5 Å². The number of para-hydroxylation sites is 2. The van der Waals surface area contributed by atoms with Crippen molar-refractivity contribution in [2.45, 2.75) is 0 Å². The highest BCUT2D eigenvalue weighted by Gasteiger charge is 2.36. The minimum absolute atomic E-state index is 0.0131. The fraction of sp³-hybridized carbons (Fsp3) is 0. The highest BCUT2D eigenvalue weighted by atomic mass is 16.3. The Bertz CT molecular complexity index is 1660. The summed E-state index contributed by atoms with van der Waals surface area (Å²) in [6, 6.07) is 20.7. The summed E-state index contributed by atoms with van der Waals surface area (Å²) in [5, 5.41) is 14.2. The van der Waals surface area contributed by atoms with Crippen LogP contribution in [-0.4, -0.2) is 27.5 Å². The number of fused-ring (bicyclic) bond motifs is 3. The van der Waals surface area contributed by atoms with Crippen molar-refractivity contribution in [2.24, 2.45) is 4.99 Å². The lowest BCUT2D eigenvalue weighted by Gasteiger charge is -2.19. The second-order valence-electron chi connectivity index (χ2n) is 7.78. The Labute approximate surface area is 186 Å². The number of aromatic hydroxyl groups is 1. The summed E-state index contributed by atoms with van der Waals surface area (Å²) >= 11 is 0. The summed E-state index contributed by atoms with van der Waals surface area (Å²) in [5.41, 5.74) is 2.13. The molecule has 158 valence electrons. The van der Waals surface area contributed by atoms with Gasteiger partial charge >= 0.3 is 0 Å². The number of aromatic amines is 1. The number of benzene rings is 3. The van der Waals surface area contributed by atoms with E-state index in [-0.39, 0.29) is 28.3 Å². The number of nitrogens with zero attached hydrogens (tertiary/aromatic N) is 1. The maximum Gasteiger partial charge on any atom is 0.261 e. The van der Waals surface area contributed by atoms with Gasteiger partial charge in [0.05, 0.1) is 22.6 Å². The monoisotopic (exact) mass is 433 g/mol. The molecule has 0 aliphatic carbocycles. The van der Waals surface area contributed by atoms with Crippen LogP contribution in [0.5, 0.6) is 5.75 Å². The van der Waals surface area contributed by atoms with E-state index >= 15 is 0 Å². The molecule has 0 radical (unpaired) electrons. The Morgan fingerprint density at radius 3 is 2.24 bits per heavy atom. The number of nitrogens with one attached hydrogen (secondary N) is 2. The first kappa shape index (κ1) is 18.9. The molecule has 0 fully saturated rings. The summed E-state index contributed by atoms with van der Waals surface area (Å²) < 4.78 is 0. The van der Waals surface area contributed by atoms with Crippen molar-refractivity contribution in [3.05, 3.63) is 111 Å². The molecular formula is C26H15N3O4. The maximum absolute atomic E-state index is 13.3. The zero-order chi connectivity index (χ0) is 22.7. The number of carbonyl (C=O) groups is 2. The molecule has 6 rings (SSSR count). The molecule has 1 aromatic heterocycles. The molecule has 7 nitrogen and oxygen atoms in total. The van der Waals surface area contributed by atoms with E-state index in [4.69, 9.17) is 0 Å². The molecule has 0 bridgehead atoms. The zero-order valence-corrected chi connectivity index (χ0v) is 17.0. The Morgan fingerprint density at radius 2 is 1.42 bits per heavy atom. The van der Waals surface area contributed by atoms with E-state index in [1.54, 1.807) is 72.8 Å². The van der Waals surface area contributed by atoms with E-state index < -0.39 is 17.2 Å². The number of pyridine rings is 1. The first-order valence-corrected chi connectivity index (χ1v) is 10.3. The predicted octanol–water partition coefficient (Wildman–Crippen LogP) is 3.63. The first-order valence-electron chi connectivity index (χ1n) is 10.3. The number of ketones is 1. The molecular weight excluding hydrogens is 418 g/mol. The van der Waals surface area contributed by atoms with Gasteiger partial charge < -0.3 is 15.4 Å². The van der Waals surface area contributed by atoms with Crippen molar-refractivity contribution >= 4 is 39.7 Å². The summed E-state index contributed by atoms with van der Waals surface area (Å²) in [4.78, 5) is 46.5. The van der Waals surface area contributed by atoms with E-state index in [1.165, 1.54) is 0 Å². The molecule has 1 amide bonds. The number of rotatable bonds is 1. The normalized spacial score (nSPS) is 16.9. The molecule has 0 atom stereocenters. The average molecular weight is 433 g/mol. The molecule has 2 aliphatic heterocycles. The predicted molar refractivity (Wildman–Crippen MR) is 125 cm³/mol. The summed E-state index contributed by atoms with van der Waals surface area (Å²) in [5.74, 6) is -1.22. The second kappa shape index (κ2) is 6.86. The lowest BCUT2D eigenvalue weighted by Crippen LogP contribution is -2.28. The number of amides is 1. The largest absolute Gasteiger partial charge is 0.506 e. The average Bonchev–Trinajstić information content (AvgIpc) is 3.18. The number of carbonyl (C=O) groups excluding carboxylic acids is 2. The van der Waals surface area contributed by atoms with Gasteiger partial charge in [0.15, 0.2) is 0 Å². The third-order valence-electron chi connectivity index (χ3n) is 5.90. The molecule has 3 heterocycles. The number of aromatic nitrogens is 1. The van der Waals surface area contributed by atoms with Gasteiger partial charge in [-0.25, -0.2) is 4.99 Å². The van der Waals surface area contributed by atoms with Gasteiger partial charge in [-0.05, 0) is 24.3 Å². The van der Waals surface area contributed by atoms with Crippen molar-refractivity contribution in [1.82, 2.24) is 4.98 Å². The molecule has 4 aromatic rings. The van der Waals surface area contributed by atoms with Crippen LogP contribution < -0.4 is 10.9 Å². The summed E-state index contributed by atoms with van der Waals surface area (Å²) in [6.07, 6.45) is 0. The lowest BCUT2D eigenvalue weighted by molar-refractivity contribution is -0.112. The van der Waals surface area contributed by atoms with Crippen LogP contribution in [0.3, 0.4) is 0 Å². The van der Waals surface area contributed by atoms with Crippen molar-refractivity contribution in [3.63, 3.8) is 0 Å². The third kappa shape index (κ3) is 2.69. The van der Waals surface area contributed by atoms with E-state index in [1.807, 2.05) is 0 Å². The number of anilines is 1. The van der Waals surface area contributed by atoms with Crippen LogP contribution in [0.25, 0.3) is 16.6 Å².